The molecule has 152 valence electrons. The van der Waals surface area contributed by atoms with Gasteiger partial charge in [0.1, 0.15) is 6.54 Å². The molecule has 1 aromatic heterocycles. The highest BCUT2D eigenvalue weighted by molar-refractivity contribution is 7.89. The van der Waals surface area contributed by atoms with Crippen LogP contribution in [0.2, 0.25) is 0 Å². The number of aryl methyl sites for hydroxylation is 1. The number of nitrogens with two attached hydrogens (primary N) is 1. The van der Waals surface area contributed by atoms with E-state index in [9.17, 15) is 13.2 Å². The van der Waals surface area contributed by atoms with Crippen LogP contribution in [0.25, 0.3) is 10.9 Å². The van der Waals surface area contributed by atoms with Gasteiger partial charge in [0.15, 0.2) is 0 Å². The predicted octanol–water partition coefficient (Wildman–Crippen LogP) is 2.78. The molecule has 0 saturated heterocycles. The molecule has 0 fully saturated rings. The summed E-state index contributed by atoms with van der Waals surface area (Å²) in [5.74, 6) is -0.461. The zero-order valence-corrected chi connectivity index (χ0v) is 17.0. The van der Waals surface area contributed by atoms with Gasteiger partial charge in [-0.15, -0.1) is 0 Å². The van der Waals surface area contributed by atoms with Gasteiger partial charge < -0.3 is 10.3 Å². The van der Waals surface area contributed by atoms with Crippen LogP contribution >= 0.6 is 0 Å². The smallest absolute Gasteiger partial charge is 0.276 e. The van der Waals surface area contributed by atoms with Gasteiger partial charge in [-0.1, -0.05) is 43.7 Å². The van der Waals surface area contributed by atoms with Crippen molar-refractivity contribution in [3.63, 3.8) is 0 Å². The monoisotopic (exact) mass is 412 g/mol. The van der Waals surface area contributed by atoms with Gasteiger partial charge >= 0.3 is 0 Å². The Labute approximate surface area is 170 Å². The Morgan fingerprint density at radius 1 is 1.17 bits per heavy atom. The van der Waals surface area contributed by atoms with Gasteiger partial charge in [-0.05, 0) is 36.6 Å². The van der Waals surface area contributed by atoms with Crippen LogP contribution in [0.15, 0.2) is 64.7 Å². The predicted molar refractivity (Wildman–Crippen MR) is 114 cm³/mol. The molecule has 2 aromatic carbocycles. The summed E-state index contributed by atoms with van der Waals surface area (Å²) in [6.07, 6.45) is 6.23. The van der Waals surface area contributed by atoms with Gasteiger partial charge in [-0.25, -0.2) is 4.83 Å². The molecule has 3 rings (SSSR count). The molecule has 0 aliphatic heterocycles. The van der Waals surface area contributed by atoms with Crippen LogP contribution in [0, 0.1) is 0 Å². The van der Waals surface area contributed by atoms with E-state index in [1.54, 1.807) is 22.9 Å². The first kappa shape index (κ1) is 20.6. The summed E-state index contributed by atoms with van der Waals surface area (Å²) in [7, 11) is -3.76. The van der Waals surface area contributed by atoms with Crippen molar-refractivity contribution in [3.8, 4) is 0 Å². The quantitative estimate of drug-likeness (QED) is 0.417. The summed E-state index contributed by atoms with van der Waals surface area (Å²) in [6, 6.07) is 14.3. The highest BCUT2D eigenvalue weighted by Crippen LogP contribution is 2.20. The molecule has 7 nitrogen and oxygen atoms in total. The second-order valence-corrected chi connectivity index (χ2v) is 8.46. The van der Waals surface area contributed by atoms with Gasteiger partial charge in [0, 0.05) is 22.7 Å². The number of sulfonamides is 1. The SMILES string of the molecule is CCCCc1ccc(S(=O)(=O)N/N=C/c2cn(CC(N)=O)c3ccccc23)cc1. The van der Waals surface area contributed by atoms with E-state index in [0.717, 1.165) is 35.7 Å². The summed E-state index contributed by atoms with van der Waals surface area (Å²) >= 11 is 0. The fraction of sp³-hybridized carbons (Fsp3) is 0.238. The maximum atomic E-state index is 12.5. The number of carbonyl (C=O) groups is 1. The van der Waals surface area contributed by atoms with Gasteiger partial charge in [0.25, 0.3) is 10.0 Å². The first-order valence-corrected chi connectivity index (χ1v) is 10.9. The molecular formula is C21H24N4O3S. The van der Waals surface area contributed by atoms with Crippen LogP contribution < -0.4 is 10.6 Å². The molecule has 0 aliphatic rings. The molecular weight excluding hydrogens is 388 g/mol. The van der Waals surface area contributed by atoms with Crippen LogP contribution in [0.5, 0.6) is 0 Å². The number of para-hydroxylation sites is 1. The van der Waals surface area contributed by atoms with E-state index in [0.29, 0.717) is 5.56 Å². The van der Waals surface area contributed by atoms with Crippen LogP contribution in [-0.4, -0.2) is 25.1 Å². The molecule has 1 heterocycles. The van der Waals surface area contributed by atoms with Crippen LogP contribution in [0.4, 0.5) is 0 Å². The largest absolute Gasteiger partial charge is 0.368 e. The molecule has 3 aromatic rings. The van der Waals surface area contributed by atoms with E-state index in [2.05, 4.69) is 16.9 Å². The van der Waals surface area contributed by atoms with Crippen LogP contribution in [0.1, 0.15) is 30.9 Å². The van der Waals surface area contributed by atoms with E-state index in [1.807, 2.05) is 36.4 Å². The first-order chi connectivity index (χ1) is 13.9. The number of unbranched alkanes of at least 4 members (excludes halogenated alkanes) is 1. The molecule has 0 radical (unpaired) electrons. The molecule has 0 spiro atoms. The lowest BCUT2D eigenvalue weighted by Crippen LogP contribution is -2.18. The normalized spacial score (nSPS) is 11.9. The Balaban J connectivity index is 1.77. The highest BCUT2D eigenvalue weighted by atomic mass is 32.2. The number of hydrogen-bond acceptors (Lipinski definition) is 4. The second kappa shape index (κ2) is 8.91. The summed E-state index contributed by atoms with van der Waals surface area (Å²) in [5, 5.41) is 4.76. The van der Waals surface area contributed by atoms with Crippen molar-refractivity contribution in [3.05, 3.63) is 65.9 Å². The lowest BCUT2D eigenvalue weighted by Gasteiger charge is -2.05. The summed E-state index contributed by atoms with van der Waals surface area (Å²) < 4.78 is 26.7. The number of hydrazone groups is 1. The summed E-state index contributed by atoms with van der Waals surface area (Å²) in [5.41, 5.74) is 7.90. The highest BCUT2D eigenvalue weighted by Gasteiger charge is 2.13. The lowest BCUT2D eigenvalue weighted by molar-refractivity contribution is -0.118. The standard InChI is InChI=1S/C21H24N4O3S/c1-2-3-6-16-9-11-18(12-10-16)29(27,28)24-23-13-17-14-25(15-21(22)26)20-8-5-4-7-19(17)20/h4-5,7-14,24H,2-3,6,15H2,1H3,(H2,22,26)/b23-13+. The minimum absolute atomic E-state index is 0.0322. The summed E-state index contributed by atoms with van der Waals surface area (Å²) in [6.45, 7) is 2.15. The van der Waals surface area contributed by atoms with Crippen molar-refractivity contribution in [2.45, 2.75) is 37.6 Å². The lowest BCUT2D eigenvalue weighted by atomic mass is 10.1. The minimum Gasteiger partial charge on any atom is -0.368 e. The second-order valence-electron chi connectivity index (χ2n) is 6.80. The van der Waals surface area contributed by atoms with Gasteiger partial charge in [0.05, 0.1) is 11.1 Å². The van der Waals surface area contributed by atoms with Crippen molar-refractivity contribution in [1.82, 2.24) is 9.40 Å². The zero-order chi connectivity index (χ0) is 20.9. The van der Waals surface area contributed by atoms with Crippen molar-refractivity contribution >= 4 is 33.0 Å². The number of nitrogens with one attached hydrogen (secondary N) is 1. The number of rotatable bonds is 9. The van der Waals surface area contributed by atoms with E-state index in [4.69, 9.17) is 5.73 Å². The topological polar surface area (TPSA) is 107 Å². The third kappa shape index (κ3) is 5.03. The Morgan fingerprint density at radius 2 is 1.90 bits per heavy atom. The number of nitrogens with zero attached hydrogens (tertiary/aromatic N) is 2. The molecule has 0 bridgehead atoms. The minimum atomic E-state index is -3.76. The Hall–Kier alpha value is -3.13. The first-order valence-electron chi connectivity index (χ1n) is 9.40. The molecule has 29 heavy (non-hydrogen) atoms. The van der Waals surface area contributed by atoms with Crippen molar-refractivity contribution in [1.29, 1.82) is 0 Å². The van der Waals surface area contributed by atoms with Crippen molar-refractivity contribution in [2.24, 2.45) is 10.8 Å². The number of hydrogen-bond donors (Lipinski definition) is 2. The number of aromatic nitrogens is 1. The zero-order valence-electron chi connectivity index (χ0n) is 16.2. The molecule has 0 saturated carbocycles. The number of primary amides is 1. The third-order valence-corrected chi connectivity index (χ3v) is 5.81. The maximum absolute atomic E-state index is 12.5. The van der Waals surface area contributed by atoms with Crippen molar-refractivity contribution < 1.29 is 13.2 Å². The number of fused-ring (bicyclic) bond motifs is 1. The number of benzene rings is 2. The Morgan fingerprint density at radius 3 is 2.59 bits per heavy atom. The van der Waals surface area contributed by atoms with E-state index < -0.39 is 15.9 Å². The average molecular weight is 413 g/mol. The van der Waals surface area contributed by atoms with Crippen molar-refractivity contribution in [2.75, 3.05) is 0 Å². The summed E-state index contributed by atoms with van der Waals surface area (Å²) in [4.78, 5) is 13.7. The fourth-order valence-corrected chi connectivity index (χ4v) is 3.90. The van der Waals surface area contributed by atoms with Gasteiger partial charge in [-0.2, -0.15) is 13.5 Å². The molecule has 1 amide bonds. The average Bonchev–Trinajstić information content (AvgIpc) is 3.04. The molecule has 0 atom stereocenters. The molecule has 0 unspecified atom stereocenters. The van der Waals surface area contributed by atoms with E-state index in [1.165, 1.54) is 6.21 Å². The fourth-order valence-electron chi connectivity index (χ4n) is 3.11. The number of amides is 1. The van der Waals surface area contributed by atoms with Gasteiger partial charge in [0.2, 0.25) is 5.91 Å². The Kier molecular flexibility index (Phi) is 6.33. The molecule has 3 N–H and O–H groups in total. The molecule has 0 aliphatic carbocycles. The Bertz CT molecular complexity index is 1130. The number of carbonyl (C=O) groups excluding carboxylic acids is 1. The van der Waals surface area contributed by atoms with E-state index in [-0.39, 0.29) is 11.4 Å². The molecule has 8 heteroatoms. The third-order valence-electron chi connectivity index (χ3n) is 4.57. The maximum Gasteiger partial charge on any atom is 0.276 e. The van der Waals surface area contributed by atoms with E-state index >= 15 is 0 Å². The van der Waals surface area contributed by atoms with Crippen LogP contribution in [0.3, 0.4) is 0 Å². The van der Waals surface area contributed by atoms with Crippen LogP contribution in [-0.2, 0) is 27.8 Å². The van der Waals surface area contributed by atoms with Gasteiger partial charge in [-0.3, -0.25) is 4.79 Å².